The van der Waals surface area contributed by atoms with Gasteiger partial charge in [0.2, 0.25) is 0 Å². The first kappa shape index (κ1) is 13.3. The van der Waals surface area contributed by atoms with Gasteiger partial charge in [0.1, 0.15) is 11.3 Å². The van der Waals surface area contributed by atoms with Gasteiger partial charge in [-0.3, -0.25) is 0 Å². The van der Waals surface area contributed by atoms with Crippen LogP contribution >= 0.6 is 0 Å². The van der Waals surface area contributed by atoms with E-state index in [0.29, 0.717) is 6.04 Å². The van der Waals surface area contributed by atoms with Gasteiger partial charge in [-0.25, -0.2) is 9.97 Å². The summed E-state index contributed by atoms with van der Waals surface area (Å²) in [5, 5.41) is 0. The Morgan fingerprint density at radius 1 is 1.29 bits per heavy atom. The number of nitrogens with zero attached hydrogens (tertiary/aromatic N) is 3. The molecular formula is C17H24N4. The molecule has 2 aliphatic carbocycles. The van der Waals surface area contributed by atoms with Gasteiger partial charge in [0.25, 0.3) is 0 Å². The summed E-state index contributed by atoms with van der Waals surface area (Å²) in [6.45, 7) is 2.29. The maximum absolute atomic E-state index is 6.82. The van der Waals surface area contributed by atoms with E-state index >= 15 is 0 Å². The van der Waals surface area contributed by atoms with Crippen LogP contribution in [0.5, 0.6) is 0 Å². The number of fused-ring (bicyclic) bond motifs is 1. The van der Waals surface area contributed by atoms with E-state index < -0.39 is 0 Å². The van der Waals surface area contributed by atoms with Crippen LogP contribution in [0.4, 0.5) is 0 Å². The lowest BCUT2D eigenvalue weighted by atomic mass is 9.75. The minimum atomic E-state index is -0.255. The third-order valence-electron chi connectivity index (χ3n) is 5.38. The average molecular weight is 284 g/mol. The van der Waals surface area contributed by atoms with Crippen LogP contribution in [0.3, 0.4) is 0 Å². The number of aromatic nitrogens is 3. The fourth-order valence-electron chi connectivity index (χ4n) is 3.78. The first-order chi connectivity index (χ1) is 10.2. The minimum absolute atomic E-state index is 0.255. The summed E-state index contributed by atoms with van der Waals surface area (Å²) in [5.74, 6) is 1.94. The van der Waals surface area contributed by atoms with E-state index in [9.17, 15) is 0 Å². The van der Waals surface area contributed by atoms with Gasteiger partial charge in [-0.15, -0.1) is 0 Å². The predicted octanol–water partition coefficient (Wildman–Crippen LogP) is 3.52. The first-order valence-corrected chi connectivity index (χ1v) is 8.33. The van der Waals surface area contributed by atoms with Crippen molar-refractivity contribution in [1.29, 1.82) is 0 Å². The maximum atomic E-state index is 6.82. The van der Waals surface area contributed by atoms with E-state index in [1.807, 2.05) is 12.3 Å². The van der Waals surface area contributed by atoms with Crippen molar-refractivity contribution in [1.82, 2.24) is 14.5 Å². The highest BCUT2D eigenvalue weighted by molar-refractivity contribution is 5.72. The molecule has 21 heavy (non-hydrogen) atoms. The molecule has 0 aromatic carbocycles. The van der Waals surface area contributed by atoms with E-state index in [0.717, 1.165) is 35.7 Å². The SMILES string of the molecule is CCC1CCC(N)(c2nc3cccnc3n2C2CC2)CC1. The molecule has 0 atom stereocenters. The Kier molecular flexibility index (Phi) is 3.03. The fraction of sp³-hybridized carbons (Fsp3) is 0.647. The average Bonchev–Trinajstić information content (AvgIpc) is 3.27. The van der Waals surface area contributed by atoms with Crippen molar-refractivity contribution in [3.05, 3.63) is 24.2 Å². The van der Waals surface area contributed by atoms with Crippen molar-refractivity contribution in [2.45, 2.75) is 63.5 Å². The summed E-state index contributed by atoms with van der Waals surface area (Å²) in [6, 6.07) is 4.60. The molecule has 0 spiro atoms. The van der Waals surface area contributed by atoms with Crippen LogP contribution in [0.2, 0.25) is 0 Å². The molecule has 0 bridgehead atoms. The Morgan fingerprint density at radius 2 is 2.05 bits per heavy atom. The second kappa shape index (κ2) is 4.80. The zero-order valence-electron chi connectivity index (χ0n) is 12.8. The van der Waals surface area contributed by atoms with Crippen LogP contribution < -0.4 is 5.73 Å². The molecule has 2 aliphatic rings. The Bertz CT molecular complexity index is 648. The van der Waals surface area contributed by atoms with Crippen LogP contribution in [0.15, 0.2) is 18.3 Å². The van der Waals surface area contributed by atoms with Crippen LogP contribution in [0.1, 0.15) is 63.7 Å². The highest BCUT2D eigenvalue weighted by Gasteiger charge is 2.40. The highest BCUT2D eigenvalue weighted by Crippen LogP contribution is 2.44. The largest absolute Gasteiger partial charge is 0.319 e. The smallest absolute Gasteiger partial charge is 0.160 e. The number of imidazole rings is 1. The first-order valence-electron chi connectivity index (χ1n) is 8.33. The summed E-state index contributed by atoms with van der Waals surface area (Å²) >= 11 is 0. The summed E-state index contributed by atoms with van der Waals surface area (Å²) in [6.07, 6.45) is 10.2. The third kappa shape index (κ3) is 2.16. The zero-order chi connectivity index (χ0) is 14.4. The molecule has 2 saturated carbocycles. The standard InChI is InChI=1S/C17H24N4/c1-2-12-7-9-17(18,10-8-12)16-20-14-4-3-11-19-15(14)21(16)13-5-6-13/h3-4,11-13H,2,5-10,18H2,1H3. The van der Waals surface area contributed by atoms with Crippen LogP contribution in [-0.2, 0) is 5.54 Å². The summed E-state index contributed by atoms with van der Waals surface area (Å²) < 4.78 is 2.35. The molecule has 2 aromatic heterocycles. The number of nitrogens with two attached hydrogens (primary N) is 1. The Morgan fingerprint density at radius 3 is 2.71 bits per heavy atom. The molecule has 4 nitrogen and oxygen atoms in total. The summed E-state index contributed by atoms with van der Waals surface area (Å²) in [7, 11) is 0. The second-order valence-corrected chi connectivity index (χ2v) is 6.89. The molecule has 0 amide bonds. The van der Waals surface area contributed by atoms with E-state index in [2.05, 4.69) is 22.5 Å². The van der Waals surface area contributed by atoms with Gasteiger partial charge in [-0.1, -0.05) is 13.3 Å². The molecule has 2 N–H and O–H groups in total. The van der Waals surface area contributed by atoms with Gasteiger partial charge in [-0.2, -0.15) is 0 Å². The van der Waals surface area contributed by atoms with Crippen LogP contribution in [0.25, 0.3) is 11.2 Å². The molecule has 112 valence electrons. The summed E-state index contributed by atoms with van der Waals surface area (Å²) in [4.78, 5) is 9.46. The van der Waals surface area contributed by atoms with Gasteiger partial charge in [0, 0.05) is 12.2 Å². The van der Waals surface area contributed by atoms with Crippen molar-refractivity contribution in [2.24, 2.45) is 11.7 Å². The fourth-order valence-corrected chi connectivity index (χ4v) is 3.78. The monoisotopic (exact) mass is 284 g/mol. The number of hydrogen-bond acceptors (Lipinski definition) is 3. The third-order valence-corrected chi connectivity index (χ3v) is 5.38. The number of pyridine rings is 1. The van der Waals surface area contributed by atoms with Crippen molar-refractivity contribution in [3.8, 4) is 0 Å². The molecule has 2 heterocycles. The minimum Gasteiger partial charge on any atom is -0.319 e. The molecule has 2 aromatic rings. The van der Waals surface area contributed by atoms with Crippen molar-refractivity contribution in [2.75, 3.05) is 0 Å². The van der Waals surface area contributed by atoms with E-state index in [1.165, 1.54) is 32.1 Å². The lowest BCUT2D eigenvalue weighted by Crippen LogP contribution is -2.42. The molecule has 0 aliphatic heterocycles. The van der Waals surface area contributed by atoms with Gasteiger partial charge in [0.15, 0.2) is 5.65 Å². The van der Waals surface area contributed by atoms with Crippen molar-refractivity contribution >= 4 is 11.2 Å². The molecule has 4 rings (SSSR count). The molecule has 2 fully saturated rings. The quantitative estimate of drug-likeness (QED) is 0.938. The van der Waals surface area contributed by atoms with Crippen LogP contribution in [0, 0.1) is 5.92 Å². The van der Waals surface area contributed by atoms with Gasteiger partial charge < -0.3 is 10.3 Å². The number of hydrogen-bond donors (Lipinski definition) is 1. The lowest BCUT2D eigenvalue weighted by molar-refractivity contribution is 0.217. The van der Waals surface area contributed by atoms with E-state index in [4.69, 9.17) is 10.7 Å². The van der Waals surface area contributed by atoms with E-state index in [-0.39, 0.29) is 5.54 Å². The maximum Gasteiger partial charge on any atom is 0.160 e. The molecule has 0 saturated heterocycles. The van der Waals surface area contributed by atoms with E-state index in [1.54, 1.807) is 0 Å². The molecule has 4 heteroatoms. The van der Waals surface area contributed by atoms with Crippen LogP contribution in [-0.4, -0.2) is 14.5 Å². The Balaban J connectivity index is 1.77. The summed E-state index contributed by atoms with van der Waals surface area (Å²) in [5.41, 5.74) is 8.59. The molecular weight excluding hydrogens is 260 g/mol. The Labute approximate surface area is 125 Å². The van der Waals surface area contributed by atoms with Crippen molar-refractivity contribution < 1.29 is 0 Å². The van der Waals surface area contributed by atoms with Crippen molar-refractivity contribution in [3.63, 3.8) is 0 Å². The Hall–Kier alpha value is -1.42. The normalized spacial score (nSPS) is 29.9. The second-order valence-electron chi connectivity index (χ2n) is 6.89. The van der Waals surface area contributed by atoms with Gasteiger partial charge in [-0.05, 0) is 56.6 Å². The zero-order valence-corrected chi connectivity index (χ0v) is 12.8. The molecule has 0 radical (unpaired) electrons. The highest BCUT2D eigenvalue weighted by atomic mass is 15.2. The molecule has 0 unspecified atom stereocenters. The number of rotatable bonds is 3. The topological polar surface area (TPSA) is 56.7 Å². The predicted molar refractivity (Wildman–Crippen MR) is 83.9 cm³/mol. The lowest BCUT2D eigenvalue weighted by Gasteiger charge is -2.36. The van der Waals surface area contributed by atoms with Gasteiger partial charge in [0.05, 0.1) is 5.54 Å². The van der Waals surface area contributed by atoms with Gasteiger partial charge >= 0.3 is 0 Å².